The topological polar surface area (TPSA) is 75.6 Å². The van der Waals surface area contributed by atoms with Gasteiger partial charge in [0.25, 0.3) is 5.91 Å². The Hall–Kier alpha value is -3.08. The summed E-state index contributed by atoms with van der Waals surface area (Å²) >= 11 is 0. The fraction of sp³-hybridized carbons (Fsp3) is 0.158. The number of hydrogen-bond donors (Lipinski definition) is 2. The molecule has 0 bridgehead atoms. The fourth-order valence-corrected chi connectivity index (χ4v) is 2.02. The van der Waals surface area contributed by atoms with Crippen LogP contribution in [0.25, 0.3) is 6.08 Å². The molecule has 0 saturated heterocycles. The second-order valence-corrected chi connectivity index (χ2v) is 5.42. The van der Waals surface area contributed by atoms with Crippen LogP contribution in [0.1, 0.15) is 29.8 Å². The highest BCUT2D eigenvalue weighted by atomic mass is 16.5. The second kappa shape index (κ2) is 7.97. The lowest BCUT2D eigenvalue weighted by Crippen LogP contribution is -2.27. The fourth-order valence-electron chi connectivity index (χ4n) is 2.02. The molecule has 0 heterocycles. The van der Waals surface area contributed by atoms with Gasteiger partial charge in [-0.1, -0.05) is 30.3 Å². The molecule has 2 aromatic rings. The first kappa shape index (κ1) is 17.3. The van der Waals surface area contributed by atoms with Gasteiger partial charge in [0.1, 0.15) is 11.4 Å². The van der Waals surface area contributed by atoms with Crippen molar-refractivity contribution in [2.24, 2.45) is 0 Å². The number of carboxylic acid groups (broad SMARTS) is 1. The zero-order valence-electron chi connectivity index (χ0n) is 13.5. The van der Waals surface area contributed by atoms with Crippen LogP contribution in [-0.4, -0.2) is 23.1 Å². The number of benzene rings is 2. The van der Waals surface area contributed by atoms with Gasteiger partial charge in [-0.05, 0) is 49.8 Å². The molecule has 2 rings (SSSR count). The van der Waals surface area contributed by atoms with Gasteiger partial charge in [0, 0.05) is 5.56 Å². The summed E-state index contributed by atoms with van der Waals surface area (Å²) in [5.74, 6) is -0.974. The van der Waals surface area contributed by atoms with Crippen LogP contribution in [0.2, 0.25) is 0 Å². The van der Waals surface area contributed by atoms with E-state index in [1.54, 1.807) is 54.6 Å². The van der Waals surface area contributed by atoms with Crippen LogP contribution in [0.3, 0.4) is 0 Å². The molecule has 1 amide bonds. The first-order chi connectivity index (χ1) is 11.5. The molecule has 2 N–H and O–H groups in total. The van der Waals surface area contributed by atoms with Gasteiger partial charge in [-0.25, -0.2) is 4.79 Å². The number of carbonyl (C=O) groups excluding carboxylic acids is 1. The molecule has 0 aromatic heterocycles. The molecule has 5 nitrogen and oxygen atoms in total. The summed E-state index contributed by atoms with van der Waals surface area (Å²) in [6.45, 7) is 3.85. The highest BCUT2D eigenvalue weighted by Gasteiger charge is 2.13. The summed E-state index contributed by atoms with van der Waals surface area (Å²) in [6.07, 6.45) is 1.47. The zero-order valence-corrected chi connectivity index (χ0v) is 13.5. The minimum absolute atomic E-state index is 0.0612. The maximum absolute atomic E-state index is 12.1. The average molecular weight is 325 g/mol. The predicted octanol–water partition coefficient (Wildman–Crippen LogP) is 3.33. The van der Waals surface area contributed by atoms with Crippen molar-refractivity contribution in [3.63, 3.8) is 0 Å². The van der Waals surface area contributed by atoms with Gasteiger partial charge in [-0.2, -0.15) is 0 Å². The number of aliphatic carboxylic acids is 1. The van der Waals surface area contributed by atoms with Crippen molar-refractivity contribution in [2.45, 2.75) is 20.0 Å². The van der Waals surface area contributed by atoms with Crippen LogP contribution in [0.15, 0.2) is 60.3 Å². The van der Waals surface area contributed by atoms with Crippen LogP contribution in [0, 0.1) is 0 Å². The van der Waals surface area contributed by atoms with Crippen molar-refractivity contribution < 1.29 is 19.4 Å². The molecule has 124 valence electrons. The number of nitrogens with one attached hydrogen (secondary N) is 1. The minimum Gasteiger partial charge on any atom is -0.491 e. The number of carboxylic acids is 1. The summed E-state index contributed by atoms with van der Waals surface area (Å²) < 4.78 is 5.54. The Balaban J connectivity index is 2.16. The van der Waals surface area contributed by atoms with E-state index in [0.29, 0.717) is 16.9 Å². The van der Waals surface area contributed by atoms with Gasteiger partial charge in [0.15, 0.2) is 0 Å². The van der Waals surface area contributed by atoms with Crippen LogP contribution in [0.5, 0.6) is 5.75 Å². The first-order valence-corrected chi connectivity index (χ1v) is 7.54. The van der Waals surface area contributed by atoms with Crippen molar-refractivity contribution >= 4 is 18.0 Å². The van der Waals surface area contributed by atoms with Crippen molar-refractivity contribution in [1.29, 1.82) is 0 Å². The van der Waals surface area contributed by atoms with E-state index in [9.17, 15) is 14.7 Å². The Labute approximate surface area is 140 Å². The summed E-state index contributed by atoms with van der Waals surface area (Å²) in [6, 6.07) is 15.4. The molecular formula is C19H19NO4. The third-order valence-corrected chi connectivity index (χ3v) is 3.08. The van der Waals surface area contributed by atoms with E-state index in [1.165, 1.54) is 6.08 Å². The smallest absolute Gasteiger partial charge is 0.352 e. The summed E-state index contributed by atoms with van der Waals surface area (Å²) in [7, 11) is 0. The number of ether oxygens (including phenoxy) is 1. The van der Waals surface area contributed by atoms with Crippen molar-refractivity contribution in [2.75, 3.05) is 0 Å². The van der Waals surface area contributed by atoms with Gasteiger partial charge in [-0.15, -0.1) is 0 Å². The summed E-state index contributed by atoms with van der Waals surface area (Å²) in [5.41, 5.74) is 0.851. The van der Waals surface area contributed by atoms with Gasteiger partial charge in [-0.3, -0.25) is 4.79 Å². The van der Waals surface area contributed by atoms with Crippen LogP contribution >= 0.6 is 0 Å². The number of rotatable bonds is 6. The Morgan fingerprint density at radius 3 is 2.21 bits per heavy atom. The lowest BCUT2D eigenvalue weighted by atomic mass is 10.1. The third kappa shape index (κ3) is 4.98. The number of carbonyl (C=O) groups is 2. The number of hydrogen-bond acceptors (Lipinski definition) is 3. The minimum atomic E-state index is -1.21. The van der Waals surface area contributed by atoms with E-state index >= 15 is 0 Å². The molecule has 0 saturated carbocycles. The molecule has 0 spiro atoms. The standard InChI is InChI=1S/C19H19NO4/c1-13(2)24-16-10-8-14(9-11-16)12-17(19(22)23)20-18(21)15-6-4-3-5-7-15/h3-13H,1-2H3,(H,20,21)(H,22,23). The highest BCUT2D eigenvalue weighted by molar-refractivity contribution is 6.02. The summed E-state index contributed by atoms with van der Waals surface area (Å²) in [4.78, 5) is 23.5. The zero-order chi connectivity index (χ0) is 17.5. The van der Waals surface area contributed by atoms with Gasteiger partial charge in [0.2, 0.25) is 0 Å². The second-order valence-electron chi connectivity index (χ2n) is 5.42. The highest BCUT2D eigenvalue weighted by Crippen LogP contribution is 2.15. The SMILES string of the molecule is CC(C)Oc1ccc(C=C(NC(=O)c2ccccc2)C(=O)O)cc1. The molecule has 0 atom stereocenters. The van der Waals surface area contributed by atoms with E-state index in [-0.39, 0.29) is 11.8 Å². The molecule has 0 aliphatic rings. The maximum Gasteiger partial charge on any atom is 0.352 e. The van der Waals surface area contributed by atoms with Gasteiger partial charge < -0.3 is 15.2 Å². The Bertz CT molecular complexity index is 734. The Morgan fingerprint density at radius 2 is 1.67 bits per heavy atom. The van der Waals surface area contributed by atoms with Crippen molar-refractivity contribution in [3.8, 4) is 5.75 Å². The maximum atomic E-state index is 12.1. The summed E-state index contributed by atoms with van der Waals surface area (Å²) in [5, 5.41) is 11.7. The molecule has 5 heteroatoms. The molecule has 0 aliphatic carbocycles. The quantitative estimate of drug-likeness (QED) is 0.799. The normalized spacial score (nSPS) is 11.2. The van der Waals surface area contributed by atoms with E-state index < -0.39 is 11.9 Å². The van der Waals surface area contributed by atoms with Crippen molar-refractivity contribution in [3.05, 3.63) is 71.4 Å². The number of amides is 1. The molecule has 0 aliphatic heterocycles. The van der Waals surface area contributed by atoms with Crippen molar-refractivity contribution in [1.82, 2.24) is 5.32 Å². The van der Waals surface area contributed by atoms with E-state index in [4.69, 9.17) is 4.74 Å². The lowest BCUT2D eigenvalue weighted by Gasteiger charge is -2.10. The van der Waals surface area contributed by atoms with E-state index in [0.717, 1.165) is 0 Å². The average Bonchev–Trinajstić information content (AvgIpc) is 2.56. The molecule has 0 radical (unpaired) electrons. The predicted molar refractivity (Wildman–Crippen MR) is 91.7 cm³/mol. The Morgan fingerprint density at radius 1 is 1.04 bits per heavy atom. The first-order valence-electron chi connectivity index (χ1n) is 7.54. The molecular weight excluding hydrogens is 306 g/mol. The van der Waals surface area contributed by atoms with Gasteiger partial charge >= 0.3 is 5.97 Å². The van der Waals surface area contributed by atoms with Crippen LogP contribution in [0.4, 0.5) is 0 Å². The van der Waals surface area contributed by atoms with Gasteiger partial charge in [0.05, 0.1) is 6.10 Å². The van der Waals surface area contributed by atoms with Crippen LogP contribution in [-0.2, 0) is 4.79 Å². The largest absolute Gasteiger partial charge is 0.491 e. The Kier molecular flexibility index (Phi) is 5.73. The lowest BCUT2D eigenvalue weighted by molar-refractivity contribution is -0.132. The molecule has 0 unspecified atom stereocenters. The monoisotopic (exact) mass is 325 g/mol. The van der Waals surface area contributed by atoms with E-state index in [2.05, 4.69) is 5.32 Å². The third-order valence-electron chi connectivity index (χ3n) is 3.08. The van der Waals surface area contributed by atoms with Crippen LogP contribution < -0.4 is 10.1 Å². The molecule has 24 heavy (non-hydrogen) atoms. The van der Waals surface area contributed by atoms with E-state index in [1.807, 2.05) is 13.8 Å². The molecule has 0 fully saturated rings. The molecule has 2 aromatic carbocycles.